The van der Waals surface area contributed by atoms with Gasteiger partial charge in [0.2, 0.25) is 0 Å². The van der Waals surface area contributed by atoms with E-state index in [0.717, 1.165) is 0 Å². The van der Waals surface area contributed by atoms with Crippen LogP contribution in [-0.4, -0.2) is 26.0 Å². The number of rotatable bonds is 7. The lowest BCUT2D eigenvalue weighted by Crippen LogP contribution is -2.12. The molecule has 2 N–H and O–H groups in total. The maximum atomic E-state index is 11.9. The first-order chi connectivity index (χ1) is 9.22. The lowest BCUT2D eigenvalue weighted by atomic mass is 10.2. The molecule has 5 nitrogen and oxygen atoms in total. The number of nitrogens with two attached hydrogens (primary N) is 1. The lowest BCUT2D eigenvalue weighted by Gasteiger charge is -2.12. The summed E-state index contributed by atoms with van der Waals surface area (Å²) in [7, 11) is 0. The van der Waals surface area contributed by atoms with Gasteiger partial charge in [-0.3, -0.25) is 0 Å². The molecule has 0 amide bonds. The summed E-state index contributed by atoms with van der Waals surface area (Å²) in [6.07, 6.45) is 2.41. The molecular formula is C14H19NO4. The van der Waals surface area contributed by atoms with Crippen LogP contribution in [-0.2, 0) is 9.47 Å². The number of carbonyl (C=O) groups excluding carboxylic acids is 1. The van der Waals surface area contributed by atoms with E-state index in [1.807, 2.05) is 6.92 Å². The second kappa shape index (κ2) is 6.43. The van der Waals surface area contributed by atoms with E-state index >= 15 is 0 Å². The van der Waals surface area contributed by atoms with Gasteiger partial charge >= 0.3 is 5.97 Å². The highest BCUT2D eigenvalue weighted by Gasteiger charge is 2.21. The molecule has 0 heterocycles. The second-order valence-electron chi connectivity index (χ2n) is 4.52. The van der Waals surface area contributed by atoms with E-state index in [4.69, 9.17) is 19.9 Å². The number of hydrogen-bond acceptors (Lipinski definition) is 5. The predicted molar refractivity (Wildman–Crippen MR) is 71.0 cm³/mol. The average molecular weight is 265 g/mol. The molecule has 19 heavy (non-hydrogen) atoms. The average Bonchev–Trinajstić information content (AvgIpc) is 3.21. The quantitative estimate of drug-likeness (QED) is 0.354. The fourth-order valence-electron chi connectivity index (χ4n) is 1.69. The summed E-state index contributed by atoms with van der Waals surface area (Å²) in [6.45, 7) is 2.89. The Balaban J connectivity index is 1.91. The van der Waals surface area contributed by atoms with E-state index in [2.05, 4.69) is 0 Å². The Labute approximate surface area is 112 Å². The van der Waals surface area contributed by atoms with Crippen LogP contribution in [0.2, 0.25) is 0 Å². The van der Waals surface area contributed by atoms with Crippen molar-refractivity contribution in [2.75, 3.05) is 25.7 Å². The summed E-state index contributed by atoms with van der Waals surface area (Å²) in [6, 6.07) is 5.01. The minimum atomic E-state index is -0.480. The highest BCUT2D eigenvalue weighted by atomic mass is 16.7. The molecule has 1 fully saturated rings. The molecule has 5 heteroatoms. The van der Waals surface area contributed by atoms with Crippen LogP contribution in [0, 0.1) is 5.92 Å². The van der Waals surface area contributed by atoms with E-state index in [1.165, 1.54) is 12.8 Å². The number of hydrogen-bond donors (Lipinski definition) is 1. The fourth-order valence-corrected chi connectivity index (χ4v) is 1.69. The van der Waals surface area contributed by atoms with Crippen molar-refractivity contribution in [1.82, 2.24) is 0 Å². The molecule has 0 atom stereocenters. The fraction of sp³-hybridized carbons (Fsp3) is 0.500. The summed E-state index contributed by atoms with van der Waals surface area (Å²) in [5.74, 6) is 0.536. The van der Waals surface area contributed by atoms with E-state index in [-0.39, 0.29) is 6.79 Å². The van der Waals surface area contributed by atoms with Gasteiger partial charge < -0.3 is 19.9 Å². The van der Waals surface area contributed by atoms with Crippen molar-refractivity contribution in [1.29, 1.82) is 0 Å². The van der Waals surface area contributed by atoms with Crippen LogP contribution >= 0.6 is 0 Å². The van der Waals surface area contributed by atoms with Crippen LogP contribution in [0.5, 0.6) is 5.75 Å². The highest BCUT2D eigenvalue weighted by molar-refractivity contribution is 5.94. The predicted octanol–water partition coefficient (Wildman–Crippen LogP) is 2.21. The third-order valence-electron chi connectivity index (χ3n) is 2.88. The number of esters is 1. The van der Waals surface area contributed by atoms with Crippen molar-refractivity contribution >= 4 is 11.7 Å². The van der Waals surface area contributed by atoms with Gasteiger partial charge in [0, 0.05) is 0 Å². The molecule has 0 unspecified atom stereocenters. The summed E-state index contributed by atoms with van der Waals surface area (Å²) >= 11 is 0. The van der Waals surface area contributed by atoms with Gasteiger partial charge in [0.05, 0.1) is 18.9 Å². The molecule has 1 aliphatic carbocycles. The summed E-state index contributed by atoms with van der Waals surface area (Å²) in [5, 5.41) is 0. The third kappa shape index (κ3) is 3.86. The van der Waals surface area contributed by atoms with Crippen molar-refractivity contribution in [3.63, 3.8) is 0 Å². The molecule has 0 bridgehead atoms. The van der Waals surface area contributed by atoms with E-state index < -0.39 is 5.97 Å². The van der Waals surface area contributed by atoms with Gasteiger partial charge in [0.1, 0.15) is 5.56 Å². The minimum absolute atomic E-state index is 0.0320. The smallest absolute Gasteiger partial charge is 0.344 e. The van der Waals surface area contributed by atoms with Gasteiger partial charge in [-0.25, -0.2) is 4.79 Å². The van der Waals surface area contributed by atoms with Crippen LogP contribution in [0.1, 0.15) is 30.1 Å². The van der Waals surface area contributed by atoms with Crippen molar-refractivity contribution in [3.05, 3.63) is 23.8 Å². The molecule has 1 aromatic carbocycles. The van der Waals surface area contributed by atoms with Gasteiger partial charge in [0.15, 0.2) is 12.5 Å². The zero-order valence-electron chi connectivity index (χ0n) is 11.1. The summed E-state index contributed by atoms with van der Waals surface area (Å²) in [4.78, 5) is 11.9. The first-order valence-electron chi connectivity index (χ1n) is 6.48. The van der Waals surface area contributed by atoms with Crippen LogP contribution < -0.4 is 10.5 Å². The molecule has 1 saturated carbocycles. The van der Waals surface area contributed by atoms with Crippen molar-refractivity contribution in [3.8, 4) is 5.75 Å². The zero-order chi connectivity index (χ0) is 13.7. The Bertz CT molecular complexity index is 443. The Kier molecular flexibility index (Phi) is 4.63. The molecule has 1 aliphatic rings. The molecule has 0 saturated heterocycles. The molecule has 0 spiro atoms. The van der Waals surface area contributed by atoms with Gasteiger partial charge in [-0.15, -0.1) is 0 Å². The van der Waals surface area contributed by atoms with Crippen molar-refractivity contribution in [2.45, 2.75) is 19.8 Å². The number of ether oxygens (including phenoxy) is 3. The second-order valence-corrected chi connectivity index (χ2v) is 4.52. The summed E-state index contributed by atoms with van der Waals surface area (Å²) in [5.41, 5.74) is 6.54. The Morgan fingerprint density at radius 2 is 2.21 bits per heavy atom. The molecule has 1 aromatic rings. The number of anilines is 1. The molecule has 0 radical (unpaired) electrons. The highest BCUT2D eigenvalue weighted by Crippen LogP contribution is 2.29. The van der Waals surface area contributed by atoms with Crippen LogP contribution in [0.4, 0.5) is 5.69 Å². The van der Waals surface area contributed by atoms with Gasteiger partial charge in [-0.05, 0) is 37.8 Å². The Morgan fingerprint density at radius 1 is 1.42 bits per heavy atom. The SMILES string of the molecule is CCOc1c(N)cccc1C(=O)OCOCC1CC1. The first-order valence-corrected chi connectivity index (χ1v) is 6.48. The molecule has 2 rings (SSSR count). The zero-order valence-corrected chi connectivity index (χ0v) is 11.1. The number of benzene rings is 1. The Hall–Kier alpha value is -1.75. The standard InChI is InChI=1S/C14H19NO4/c1-2-18-13-11(4-3-5-12(13)15)14(16)19-9-17-8-10-6-7-10/h3-5,10H,2,6-9,15H2,1H3. The van der Waals surface area contributed by atoms with Crippen molar-refractivity contribution in [2.24, 2.45) is 5.92 Å². The maximum absolute atomic E-state index is 11.9. The molecular weight excluding hydrogens is 246 g/mol. The number of para-hydroxylation sites is 1. The third-order valence-corrected chi connectivity index (χ3v) is 2.88. The maximum Gasteiger partial charge on any atom is 0.344 e. The molecule has 104 valence electrons. The monoisotopic (exact) mass is 265 g/mol. The van der Waals surface area contributed by atoms with E-state index in [9.17, 15) is 4.79 Å². The first kappa shape index (κ1) is 13.7. The van der Waals surface area contributed by atoms with Crippen LogP contribution in [0.25, 0.3) is 0 Å². The van der Waals surface area contributed by atoms with E-state index in [1.54, 1.807) is 18.2 Å². The summed E-state index contributed by atoms with van der Waals surface area (Å²) < 4.78 is 15.7. The van der Waals surface area contributed by atoms with Crippen molar-refractivity contribution < 1.29 is 19.0 Å². The normalized spacial score (nSPS) is 14.2. The topological polar surface area (TPSA) is 70.8 Å². The lowest BCUT2D eigenvalue weighted by molar-refractivity contribution is -0.0346. The largest absolute Gasteiger partial charge is 0.491 e. The van der Waals surface area contributed by atoms with Crippen LogP contribution in [0.15, 0.2) is 18.2 Å². The number of nitrogen functional groups attached to an aromatic ring is 1. The van der Waals surface area contributed by atoms with Gasteiger partial charge in [0.25, 0.3) is 0 Å². The molecule has 0 aromatic heterocycles. The number of carbonyl (C=O) groups is 1. The van der Waals surface area contributed by atoms with Gasteiger partial charge in [-0.2, -0.15) is 0 Å². The van der Waals surface area contributed by atoms with Crippen LogP contribution in [0.3, 0.4) is 0 Å². The van der Waals surface area contributed by atoms with Gasteiger partial charge in [-0.1, -0.05) is 6.07 Å². The Morgan fingerprint density at radius 3 is 2.89 bits per heavy atom. The minimum Gasteiger partial charge on any atom is -0.491 e. The van der Waals surface area contributed by atoms with E-state index in [0.29, 0.717) is 36.1 Å². The molecule has 0 aliphatic heterocycles.